The second-order valence-electron chi connectivity index (χ2n) is 18.2. The first-order chi connectivity index (χ1) is 34.2. The summed E-state index contributed by atoms with van der Waals surface area (Å²) in [5.41, 5.74) is 3.16. The number of fused-ring (bicyclic) bond motifs is 4. The number of nitro groups is 1. The van der Waals surface area contributed by atoms with Crippen molar-refractivity contribution in [3.8, 4) is 23.0 Å². The summed E-state index contributed by atoms with van der Waals surface area (Å²) >= 11 is 0. The van der Waals surface area contributed by atoms with Crippen LogP contribution in [0.3, 0.4) is 0 Å². The maximum absolute atomic E-state index is 15.3. The molecule has 6 unspecified atom stereocenters. The van der Waals surface area contributed by atoms with Crippen molar-refractivity contribution in [1.82, 2.24) is 4.90 Å². The maximum Gasteiger partial charge on any atom is 0.416 e. The molecule has 3 aliphatic rings. The molecule has 0 saturated heterocycles. The predicted octanol–water partition coefficient (Wildman–Crippen LogP) is 12.0. The number of nitro benzene ring substituents is 1. The number of non-ortho nitro benzene ring substituents is 1. The summed E-state index contributed by atoms with van der Waals surface area (Å²) in [4.78, 5) is 34.0. The third kappa shape index (κ3) is 9.87. The second-order valence-corrected chi connectivity index (χ2v) is 18.2. The van der Waals surface area contributed by atoms with Crippen LogP contribution in [0.25, 0.3) is 21.5 Å². The minimum absolute atomic E-state index is 0.0186. The van der Waals surface area contributed by atoms with Crippen molar-refractivity contribution in [3.05, 3.63) is 173 Å². The van der Waals surface area contributed by atoms with Crippen LogP contribution in [-0.2, 0) is 16.1 Å². The van der Waals surface area contributed by atoms with E-state index >= 15 is 4.79 Å². The van der Waals surface area contributed by atoms with E-state index < -0.39 is 28.8 Å². The fraction of sp³-hybridized carbons (Fsp3) is 0.333. The summed E-state index contributed by atoms with van der Waals surface area (Å²) in [6.07, 6.45) is 7.76. The normalized spacial score (nSPS) is 21.8. The zero-order valence-corrected chi connectivity index (χ0v) is 39.4. The zero-order valence-electron chi connectivity index (χ0n) is 39.4. The molecule has 1 amide bonds. The van der Waals surface area contributed by atoms with Gasteiger partial charge in [0, 0.05) is 43.2 Å². The van der Waals surface area contributed by atoms with Crippen molar-refractivity contribution >= 4 is 39.0 Å². The molecular formula is C57H59N3O10. The Kier molecular flexibility index (Phi) is 14.9. The van der Waals surface area contributed by atoms with Gasteiger partial charge in [-0.1, -0.05) is 103 Å². The Labute approximate surface area is 407 Å². The lowest BCUT2D eigenvalue weighted by atomic mass is 9.55. The van der Waals surface area contributed by atoms with Crippen LogP contribution in [-0.4, -0.2) is 70.1 Å². The van der Waals surface area contributed by atoms with E-state index in [9.17, 15) is 20.3 Å². The van der Waals surface area contributed by atoms with Crippen LogP contribution >= 0.6 is 0 Å². The molecule has 1 fully saturated rings. The van der Waals surface area contributed by atoms with Crippen LogP contribution in [0.15, 0.2) is 157 Å². The first-order valence-electron chi connectivity index (χ1n) is 24.3. The van der Waals surface area contributed by atoms with Gasteiger partial charge in [-0.2, -0.15) is 0 Å². The predicted molar refractivity (Wildman–Crippen MR) is 269 cm³/mol. The molecule has 2 N–H and O–H groups in total. The second kappa shape index (κ2) is 21.7. The number of rotatable bonds is 20. The van der Waals surface area contributed by atoms with Gasteiger partial charge in [-0.3, -0.25) is 15.0 Å². The molecule has 0 radical (unpaired) electrons. The van der Waals surface area contributed by atoms with E-state index in [1.54, 1.807) is 11.0 Å². The number of carbonyl (C=O) groups excluding carboxylic acids is 1. The number of hydrogen-bond donors (Lipinski definition) is 2. The number of hydrogen-bond acceptors (Lipinski definition) is 11. The lowest BCUT2D eigenvalue weighted by Gasteiger charge is -2.59. The number of unbranched alkanes of at least 4 members (excludes halogenated alkanes) is 2. The molecule has 9 rings (SSSR count). The molecule has 1 aliphatic heterocycles. The Bertz CT molecular complexity index is 2900. The lowest BCUT2D eigenvalue weighted by molar-refractivity contribution is -0.384. The van der Waals surface area contributed by atoms with Crippen LogP contribution in [0, 0.1) is 27.9 Å². The van der Waals surface area contributed by atoms with Crippen molar-refractivity contribution in [2.24, 2.45) is 22.9 Å². The molecule has 362 valence electrons. The van der Waals surface area contributed by atoms with Crippen LogP contribution in [0.5, 0.6) is 23.0 Å². The minimum Gasteiger partial charge on any atom is -0.459 e. The lowest BCUT2D eigenvalue weighted by Crippen LogP contribution is -2.70. The average Bonchev–Trinajstić information content (AvgIpc) is 3.38. The summed E-state index contributed by atoms with van der Waals surface area (Å²) in [7, 11) is 0. The van der Waals surface area contributed by atoms with Crippen molar-refractivity contribution in [1.29, 1.82) is 0 Å². The van der Waals surface area contributed by atoms with E-state index in [0.717, 1.165) is 63.9 Å². The van der Waals surface area contributed by atoms with E-state index in [1.165, 1.54) is 24.3 Å². The van der Waals surface area contributed by atoms with E-state index in [4.69, 9.17) is 28.9 Å². The SMILES string of the molecule is C=CCOC12Oc3ccc(Oc4ccc5ccccc5c4)cc3C3C(CCCCO)C(CCCCO)C=C(C(=NOCC)CC1N(Cc1cccc4ccccc14)C(=O)Oc1ccc([N+](=O)[O-])cc1)C32. The van der Waals surface area contributed by atoms with E-state index in [0.29, 0.717) is 42.4 Å². The van der Waals surface area contributed by atoms with Gasteiger partial charge in [-0.15, -0.1) is 6.58 Å². The van der Waals surface area contributed by atoms with Gasteiger partial charge in [0.15, 0.2) is 0 Å². The van der Waals surface area contributed by atoms with Crippen molar-refractivity contribution in [3.63, 3.8) is 0 Å². The molecule has 0 aromatic heterocycles. The molecule has 0 spiro atoms. The Balaban J connectivity index is 1.25. The molecule has 70 heavy (non-hydrogen) atoms. The number of nitrogens with zero attached hydrogens (tertiary/aromatic N) is 3. The molecule has 13 heteroatoms. The first kappa shape index (κ1) is 48.0. The Morgan fingerprint density at radius 2 is 1.56 bits per heavy atom. The fourth-order valence-electron chi connectivity index (χ4n) is 10.9. The molecule has 6 aromatic rings. The molecular weight excluding hydrogens is 887 g/mol. The number of benzene rings is 6. The Morgan fingerprint density at radius 3 is 2.31 bits per heavy atom. The number of ether oxygens (including phenoxy) is 4. The van der Waals surface area contributed by atoms with Crippen LogP contribution in [0.2, 0.25) is 0 Å². The van der Waals surface area contributed by atoms with E-state index in [1.807, 2.05) is 91.9 Å². The average molecular weight is 946 g/mol. The standard InChI is InChI=1S/C57H59N3O10/c1-3-32-66-57-53(59(37-42-19-13-18-39-15-7-8-20-47(39)42)56(63)69-44-26-23-43(24-27-44)60(64)65)36-51(58-67-4-2)49-34-41(17-9-11-30-61)48(21-10-12-31-62)54(55(49)57)50-35-46(28-29-52(50)70-57)68-45-25-22-38-14-5-6-16-40(38)33-45/h3,5-8,13-16,18-20,22-29,33-35,41,48,53-55,61-62H,1,4,9-12,17,21,30-32,36-37H2,2H3. The van der Waals surface area contributed by atoms with E-state index in [-0.39, 0.29) is 62.0 Å². The summed E-state index contributed by atoms with van der Waals surface area (Å²) in [5.74, 6) is -0.444. The summed E-state index contributed by atoms with van der Waals surface area (Å²) < 4.78 is 27.6. The number of aliphatic hydroxyl groups excluding tert-OH is 2. The van der Waals surface area contributed by atoms with Gasteiger partial charge in [0.25, 0.3) is 5.69 Å². The Hall–Kier alpha value is -7.06. The van der Waals surface area contributed by atoms with Gasteiger partial charge in [-0.25, -0.2) is 4.79 Å². The highest BCUT2D eigenvalue weighted by molar-refractivity contribution is 6.03. The molecule has 0 bridgehead atoms. The molecule has 2 aliphatic carbocycles. The largest absolute Gasteiger partial charge is 0.459 e. The third-order valence-electron chi connectivity index (χ3n) is 14.0. The summed E-state index contributed by atoms with van der Waals surface area (Å²) in [5, 5.41) is 40.6. The highest BCUT2D eigenvalue weighted by atomic mass is 16.7. The number of allylic oxidation sites excluding steroid dienone is 1. The number of amides is 1. The maximum atomic E-state index is 15.3. The molecule has 13 nitrogen and oxygen atoms in total. The van der Waals surface area contributed by atoms with Crippen LogP contribution in [0.4, 0.5) is 10.5 Å². The molecule has 6 atom stereocenters. The van der Waals surface area contributed by atoms with E-state index in [2.05, 4.69) is 30.9 Å². The first-order valence-corrected chi connectivity index (χ1v) is 24.3. The summed E-state index contributed by atoms with van der Waals surface area (Å²) in [6, 6.07) is 38.5. The van der Waals surface area contributed by atoms with Crippen molar-refractivity contribution < 1.29 is 43.7 Å². The third-order valence-corrected chi connectivity index (χ3v) is 14.0. The number of carbonyl (C=O) groups is 1. The molecule has 1 saturated carbocycles. The highest BCUT2D eigenvalue weighted by Gasteiger charge is 2.66. The quantitative estimate of drug-likeness (QED) is 0.0326. The monoisotopic (exact) mass is 945 g/mol. The topological polar surface area (TPSA) is 162 Å². The fourth-order valence-corrected chi connectivity index (χ4v) is 10.9. The number of oxime groups is 1. The zero-order chi connectivity index (χ0) is 48.6. The van der Waals surface area contributed by atoms with Crippen LogP contribution < -0.4 is 14.2 Å². The van der Waals surface area contributed by atoms with Gasteiger partial charge in [-0.05, 0) is 120 Å². The Morgan fingerprint density at radius 1 is 0.857 bits per heavy atom. The van der Waals surface area contributed by atoms with Gasteiger partial charge in [0.2, 0.25) is 5.79 Å². The van der Waals surface area contributed by atoms with Gasteiger partial charge >= 0.3 is 6.09 Å². The molecule has 1 heterocycles. The molecule has 6 aromatic carbocycles. The van der Waals surface area contributed by atoms with Gasteiger partial charge in [0.1, 0.15) is 35.6 Å². The minimum atomic E-state index is -1.58. The van der Waals surface area contributed by atoms with Crippen molar-refractivity contribution in [2.75, 3.05) is 26.4 Å². The van der Waals surface area contributed by atoms with Gasteiger partial charge < -0.3 is 34.0 Å². The van der Waals surface area contributed by atoms with Crippen molar-refractivity contribution in [2.45, 2.75) is 76.2 Å². The number of aliphatic hydroxyl groups is 2. The smallest absolute Gasteiger partial charge is 0.416 e. The van der Waals surface area contributed by atoms with Crippen LogP contribution in [0.1, 0.15) is 68.9 Å². The highest BCUT2D eigenvalue weighted by Crippen LogP contribution is 2.62. The van der Waals surface area contributed by atoms with Gasteiger partial charge in [0.05, 0.1) is 29.7 Å². The summed E-state index contributed by atoms with van der Waals surface area (Å²) in [6.45, 7) is 6.51.